The minimum atomic E-state index is -4.75. The van der Waals surface area contributed by atoms with E-state index in [0.29, 0.717) is 19.3 Å². The summed E-state index contributed by atoms with van der Waals surface area (Å²) in [7, 11) is -4.75. The Labute approximate surface area is 452 Å². The summed E-state index contributed by atoms with van der Waals surface area (Å²) in [5, 5.41) is 9.80. The van der Waals surface area contributed by atoms with Crippen LogP contribution in [0.15, 0.2) is 72.9 Å². The molecule has 0 heterocycles. The summed E-state index contributed by atoms with van der Waals surface area (Å²) >= 11 is 0. The van der Waals surface area contributed by atoms with E-state index in [1.165, 1.54) is 89.9 Å². The second kappa shape index (κ2) is 56.1. The molecule has 3 atom stereocenters. The second-order valence-electron chi connectivity index (χ2n) is 19.8. The number of aliphatic hydroxyl groups excluding tert-OH is 1. The summed E-state index contributed by atoms with van der Waals surface area (Å²) in [5.74, 6) is -1.48. The number of aliphatic hydroxyl groups is 1. The minimum Gasteiger partial charge on any atom is -0.462 e. The van der Waals surface area contributed by atoms with Gasteiger partial charge in [-0.3, -0.25) is 23.4 Å². The Balaban J connectivity index is 4.75. The van der Waals surface area contributed by atoms with E-state index in [1.807, 2.05) is 0 Å². The first-order chi connectivity index (χ1) is 36.2. The number of rotatable bonds is 55. The predicted octanol–water partition coefficient (Wildman–Crippen LogP) is 17.7. The minimum absolute atomic E-state index is 0.149. The zero-order chi connectivity index (χ0) is 54.1. The molecule has 0 spiro atoms. The van der Waals surface area contributed by atoms with E-state index in [-0.39, 0.29) is 25.9 Å². The van der Waals surface area contributed by atoms with Gasteiger partial charge in [0.2, 0.25) is 0 Å². The van der Waals surface area contributed by atoms with Crippen molar-refractivity contribution < 1.29 is 52.2 Å². The smallest absolute Gasteiger partial charge is 0.462 e. The van der Waals surface area contributed by atoms with Gasteiger partial charge in [0.05, 0.1) is 19.8 Å². The van der Waals surface area contributed by atoms with Crippen LogP contribution in [-0.4, -0.2) is 66.5 Å². The number of esters is 3. The van der Waals surface area contributed by atoms with E-state index in [9.17, 15) is 28.9 Å². The maximum atomic E-state index is 12.9. The number of carbonyl (C=O) groups excluding carboxylic acids is 3. The van der Waals surface area contributed by atoms with Gasteiger partial charge in [-0.1, -0.05) is 229 Å². The van der Waals surface area contributed by atoms with E-state index in [0.717, 1.165) is 116 Å². The van der Waals surface area contributed by atoms with Gasteiger partial charge in [-0.25, -0.2) is 4.57 Å². The Hall–Kier alpha value is -3.08. The lowest BCUT2D eigenvalue weighted by atomic mass is 10.1. The topological polar surface area (TPSA) is 155 Å². The fourth-order valence-corrected chi connectivity index (χ4v) is 8.87. The first-order valence-corrected chi connectivity index (χ1v) is 31.3. The van der Waals surface area contributed by atoms with Crippen molar-refractivity contribution in [2.75, 3.05) is 26.4 Å². The van der Waals surface area contributed by atoms with Gasteiger partial charge in [0, 0.05) is 19.3 Å². The highest BCUT2D eigenvalue weighted by Crippen LogP contribution is 2.43. The van der Waals surface area contributed by atoms with Crippen LogP contribution in [-0.2, 0) is 42.2 Å². The monoisotopic (exact) mass is 1060 g/mol. The summed E-state index contributed by atoms with van der Waals surface area (Å²) in [5.41, 5.74) is 0. The molecule has 11 nitrogen and oxygen atoms in total. The molecule has 0 saturated heterocycles. The van der Waals surface area contributed by atoms with Crippen LogP contribution in [0.3, 0.4) is 0 Å². The van der Waals surface area contributed by atoms with E-state index >= 15 is 0 Å². The summed E-state index contributed by atoms with van der Waals surface area (Å²) in [4.78, 5) is 48.6. The fourth-order valence-electron chi connectivity index (χ4n) is 8.08. The molecule has 0 aliphatic heterocycles. The highest BCUT2D eigenvalue weighted by Gasteiger charge is 2.28. The quantitative estimate of drug-likeness (QED) is 0.0197. The number of unbranched alkanes of at least 4 members (excludes halogenated alkanes) is 26. The number of hydrogen-bond acceptors (Lipinski definition) is 10. The summed E-state index contributed by atoms with van der Waals surface area (Å²) in [6, 6.07) is 0. The summed E-state index contributed by atoms with van der Waals surface area (Å²) < 4.78 is 39.5. The highest BCUT2D eigenvalue weighted by molar-refractivity contribution is 7.47. The van der Waals surface area contributed by atoms with Crippen molar-refractivity contribution in [2.45, 2.75) is 277 Å². The van der Waals surface area contributed by atoms with Gasteiger partial charge < -0.3 is 24.2 Å². The van der Waals surface area contributed by atoms with Gasteiger partial charge in [-0.15, -0.1) is 0 Å². The third kappa shape index (κ3) is 53.7. The lowest BCUT2D eigenvalue weighted by molar-refractivity contribution is -0.161. The van der Waals surface area contributed by atoms with E-state index in [4.69, 9.17) is 23.3 Å². The van der Waals surface area contributed by atoms with E-state index in [1.54, 1.807) is 0 Å². The largest absolute Gasteiger partial charge is 0.472 e. The number of carbonyl (C=O) groups is 3. The van der Waals surface area contributed by atoms with Crippen LogP contribution >= 0.6 is 7.82 Å². The molecule has 428 valence electrons. The van der Waals surface area contributed by atoms with Crippen molar-refractivity contribution in [3.63, 3.8) is 0 Å². The molecule has 0 amide bonds. The van der Waals surface area contributed by atoms with Gasteiger partial charge in [-0.05, 0) is 89.9 Å². The molecule has 0 radical (unpaired) electrons. The summed E-state index contributed by atoms with van der Waals surface area (Å²) in [6.07, 6.45) is 62.8. The average molecular weight is 1060 g/mol. The molecule has 0 fully saturated rings. The third-order valence-electron chi connectivity index (χ3n) is 12.6. The highest BCUT2D eigenvalue weighted by atomic mass is 31.2. The lowest BCUT2D eigenvalue weighted by Gasteiger charge is -2.21. The van der Waals surface area contributed by atoms with Gasteiger partial charge >= 0.3 is 25.7 Å². The molecule has 74 heavy (non-hydrogen) atoms. The van der Waals surface area contributed by atoms with Gasteiger partial charge in [0.1, 0.15) is 12.7 Å². The number of phosphoric acid groups is 1. The van der Waals surface area contributed by atoms with Gasteiger partial charge in [0.15, 0.2) is 6.10 Å². The van der Waals surface area contributed by atoms with Crippen molar-refractivity contribution in [1.29, 1.82) is 0 Å². The number of hydrogen-bond donors (Lipinski definition) is 2. The summed E-state index contributed by atoms with van der Waals surface area (Å²) in [6.45, 7) is 4.49. The third-order valence-corrected chi connectivity index (χ3v) is 13.6. The predicted molar refractivity (Wildman–Crippen MR) is 307 cm³/mol. The van der Waals surface area contributed by atoms with Gasteiger partial charge in [-0.2, -0.15) is 0 Å². The van der Waals surface area contributed by atoms with Crippen molar-refractivity contribution in [3.8, 4) is 0 Å². The number of ether oxygens (including phenoxy) is 3. The maximum absolute atomic E-state index is 12.9. The molecule has 12 heteroatoms. The van der Waals surface area contributed by atoms with Crippen molar-refractivity contribution in [3.05, 3.63) is 72.9 Å². The Morgan fingerprint density at radius 2 is 0.703 bits per heavy atom. The Bertz CT molecular complexity index is 1520. The molecular weight excluding hydrogens is 952 g/mol. The normalized spacial score (nSPS) is 13.9. The number of allylic oxidation sites excluding steroid dienone is 12. The Morgan fingerprint density at radius 3 is 1.11 bits per heavy atom. The van der Waals surface area contributed by atoms with E-state index < -0.39 is 57.8 Å². The maximum Gasteiger partial charge on any atom is 0.472 e. The zero-order valence-electron chi connectivity index (χ0n) is 47.3. The van der Waals surface area contributed by atoms with E-state index in [2.05, 4.69) is 93.7 Å². The van der Waals surface area contributed by atoms with Crippen molar-refractivity contribution in [1.82, 2.24) is 0 Å². The zero-order valence-corrected chi connectivity index (χ0v) is 48.2. The van der Waals surface area contributed by atoms with Gasteiger partial charge in [0.25, 0.3) is 0 Å². The standard InChI is InChI=1S/C62H109O11P/c1-4-7-10-13-16-19-22-24-26-28-29-31-33-35-38-41-44-47-50-53-62(66)73-59(55-69-60(64)51-48-45-42-39-37-34-32-30-27-25-23-20-17-14-11-8-5-2)57-71-74(67,68)70-56-58(54-63)72-61(65)52-49-46-43-40-36-21-18-15-12-9-6-3/h7,10,16-17,19-20,24-27,29,31,58-59,63H,4-6,8-9,11-15,18,21-23,28,30,32-57H2,1-3H3,(H,67,68)/b10-7-,19-16-,20-17-,26-24-,27-25-,31-29-. The van der Waals surface area contributed by atoms with Crippen LogP contribution in [0.25, 0.3) is 0 Å². The molecule has 0 saturated carbocycles. The molecule has 0 bridgehead atoms. The molecular formula is C62H109O11P. The molecule has 0 aliphatic carbocycles. The first kappa shape index (κ1) is 70.9. The van der Waals surface area contributed by atoms with Crippen LogP contribution < -0.4 is 0 Å². The first-order valence-electron chi connectivity index (χ1n) is 29.8. The molecule has 3 unspecified atom stereocenters. The number of phosphoric ester groups is 1. The SMILES string of the molecule is CC/C=C\C/C=C\C/C=C\C/C=C\CCCCCCCCC(=O)OC(COC(=O)CCCCCCCCC/C=C\C/C=C\CCCCC)COP(=O)(O)OCC(CO)OC(=O)CCCCCCCCCCCCC. The van der Waals surface area contributed by atoms with Crippen LogP contribution in [0.5, 0.6) is 0 Å². The second-order valence-corrected chi connectivity index (χ2v) is 21.2. The lowest BCUT2D eigenvalue weighted by Crippen LogP contribution is -2.30. The molecule has 0 aliphatic rings. The molecule has 0 aromatic carbocycles. The van der Waals surface area contributed by atoms with Crippen LogP contribution in [0.1, 0.15) is 265 Å². The fraction of sp³-hybridized carbons (Fsp3) is 0.758. The average Bonchev–Trinajstić information content (AvgIpc) is 3.39. The molecule has 0 aromatic rings. The molecule has 0 aromatic heterocycles. The van der Waals surface area contributed by atoms with Crippen molar-refractivity contribution >= 4 is 25.7 Å². The Morgan fingerprint density at radius 1 is 0.392 bits per heavy atom. The molecule has 0 rings (SSSR count). The molecule has 2 N–H and O–H groups in total. The van der Waals surface area contributed by atoms with Crippen LogP contribution in [0.2, 0.25) is 0 Å². The van der Waals surface area contributed by atoms with Crippen molar-refractivity contribution in [2.24, 2.45) is 0 Å². The van der Waals surface area contributed by atoms with Crippen LogP contribution in [0, 0.1) is 0 Å². The van der Waals surface area contributed by atoms with Crippen LogP contribution in [0.4, 0.5) is 0 Å². The Kier molecular flexibility index (Phi) is 53.8.